The number of fused-ring (bicyclic) bond motifs is 2. The highest BCUT2D eigenvalue weighted by atomic mass is 16.5. The molecule has 0 spiro atoms. The van der Waals surface area contributed by atoms with Gasteiger partial charge in [-0.15, -0.1) is 0 Å². The molecule has 0 fully saturated rings. The van der Waals surface area contributed by atoms with Gasteiger partial charge >= 0.3 is 0 Å². The Morgan fingerprint density at radius 3 is 2.40 bits per heavy atom. The second kappa shape index (κ2) is 12.5. The summed E-state index contributed by atoms with van der Waals surface area (Å²) in [4.78, 5) is 56.2. The first-order valence-electron chi connectivity index (χ1n) is 14.0. The molecule has 0 bridgehead atoms. The van der Waals surface area contributed by atoms with Crippen molar-refractivity contribution in [3.05, 3.63) is 89.5 Å². The number of ether oxygens (including phenoxy) is 2. The van der Waals surface area contributed by atoms with Gasteiger partial charge in [-0.25, -0.2) is 0 Å². The molecule has 2 N–H and O–H groups in total. The number of hydrogen-bond acceptors (Lipinski definition) is 7. The van der Waals surface area contributed by atoms with E-state index in [2.05, 4.69) is 10.6 Å². The highest BCUT2D eigenvalue weighted by Gasteiger charge is 2.38. The summed E-state index contributed by atoms with van der Waals surface area (Å²) in [7, 11) is 3.24. The topological polar surface area (TPSA) is 117 Å². The summed E-state index contributed by atoms with van der Waals surface area (Å²) in [5.74, 6) is 0.112. The maximum Gasteiger partial charge on any atom is 0.258 e. The molecule has 0 aromatic heterocycles. The van der Waals surface area contributed by atoms with Crippen molar-refractivity contribution < 1.29 is 28.7 Å². The predicted octanol–water partition coefficient (Wildman–Crippen LogP) is 3.46. The van der Waals surface area contributed by atoms with Crippen LogP contribution in [0.15, 0.2) is 72.8 Å². The van der Waals surface area contributed by atoms with Crippen molar-refractivity contribution in [1.82, 2.24) is 10.6 Å². The summed E-state index contributed by atoms with van der Waals surface area (Å²) in [6.45, 7) is 3.57. The van der Waals surface area contributed by atoms with Gasteiger partial charge < -0.3 is 29.9 Å². The second-order valence-electron chi connectivity index (χ2n) is 10.4. The predicted molar refractivity (Wildman–Crippen MR) is 164 cm³/mol. The van der Waals surface area contributed by atoms with E-state index >= 15 is 0 Å². The average molecular weight is 583 g/mol. The number of Topliss-reactive ketones (excluding diaryl/α,β-unsaturated/α-hetero) is 1. The third-order valence-corrected chi connectivity index (χ3v) is 7.75. The SMILES string of the molecule is CN[C@@H](C)C(=O)N[C@H]1CN(C(=O)c2ccc(C(C)=O)cc2)c2ccccc2N(CC2=CCOc3cc(OC)ccc32)C1=O. The van der Waals surface area contributed by atoms with Gasteiger partial charge in [-0.1, -0.05) is 24.3 Å². The number of anilines is 2. The van der Waals surface area contributed by atoms with Crippen LogP contribution in [0.5, 0.6) is 11.5 Å². The molecule has 2 atom stereocenters. The van der Waals surface area contributed by atoms with Gasteiger partial charge in [0.25, 0.3) is 11.8 Å². The zero-order valence-electron chi connectivity index (χ0n) is 24.5. The molecule has 0 aliphatic carbocycles. The smallest absolute Gasteiger partial charge is 0.258 e. The van der Waals surface area contributed by atoms with Gasteiger partial charge in [0, 0.05) is 22.8 Å². The van der Waals surface area contributed by atoms with Gasteiger partial charge in [-0.3, -0.25) is 19.2 Å². The van der Waals surface area contributed by atoms with Crippen molar-refractivity contribution in [3.8, 4) is 11.5 Å². The monoisotopic (exact) mass is 582 g/mol. The van der Waals surface area contributed by atoms with Crippen molar-refractivity contribution in [2.24, 2.45) is 0 Å². The lowest BCUT2D eigenvalue weighted by Crippen LogP contribution is -2.56. The van der Waals surface area contributed by atoms with Crippen LogP contribution in [0.25, 0.3) is 5.57 Å². The molecular formula is C33H34N4O6. The van der Waals surface area contributed by atoms with E-state index in [9.17, 15) is 19.2 Å². The van der Waals surface area contributed by atoms with E-state index in [0.29, 0.717) is 40.6 Å². The van der Waals surface area contributed by atoms with Crippen LogP contribution >= 0.6 is 0 Å². The molecule has 3 amide bonds. The minimum absolute atomic E-state index is 0.0856. The fourth-order valence-electron chi connectivity index (χ4n) is 5.16. The lowest BCUT2D eigenvalue weighted by molar-refractivity contribution is -0.128. The average Bonchev–Trinajstić information content (AvgIpc) is 3.14. The molecule has 0 saturated heterocycles. The van der Waals surface area contributed by atoms with Gasteiger partial charge in [0.1, 0.15) is 24.1 Å². The van der Waals surface area contributed by atoms with Crippen LogP contribution in [-0.2, 0) is 9.59 Å². The van der Waals surface area contributed by atoms with Crippen molar-refractivity contribution in [1.29, 1.82) is 0 Å². The van der Waals surface area contributed by atoms with Gasteiger partial charge in [0.2, 0.25) is 5.91 Å². The van der Waals surface area contributed by atoms with Crippen LogP contribution in [-0.4, -0.2) is 69.4 Å². The molecule has 0 saturated carbocycles. The minimum Gasteiger partial charge on any atom is -0.497 e. The molecule has 5 rings (SSSR count). The van der Waals surface area contributed by atoms with Crippen molar-refractivity contribution in [2.75, 3.05) is 43.7 Å². The van der Waals surface area contributed by atoms with Crippen molar-refractivity contribution >= 4 is 40.5 Å². The van der Waals surface area contributed by atoms with E-state index in [1.807, 2.05) is 24.3 Å². The Morgan fingerprint density at radius 2 is 1.72 bits per heavy atom. The fraction of sp³-hybridized carbons (Fsp3) is 0.273. The van der Waals surface area contributed by atoms with E-state index in [-0.39, 0.29) is 36.6 Å². The summed E-state index contributed by atoms with van der Waals surface area (Å²) in [5.41, 5.74) is 3.58. The number of para-hydroxylation sites is 2. The van der Waals surface area contributed by atoms with Crippen LogP contribution in [0.1, 0.15) is 40.1 Å². The van der Waals surface area contributed by atoms with Crippen LogP contribution < -0.4 is 29.9 Å². The number of ketones is 1. The van der Waals surface area contributed by atoms with Crippen LogP contribution in [0, 0.1) is 0 Å². The number of nitrogens with one attached hydrogen (secondary N) is 2. The Bertz CT molecular complexity index is 1600. The lowest BCUT2D eigenvalue weighted by Gasteiger charge is -2.29. The molecule has 3 aromatic rings. The summed E-state index contributed by atoms with van der Waals surface area (Å²) in [5, 5.41) is 5.76. The number of hydrogen-bond donors (Lipinski definition) is 2. The van der Waals surface area contributed by atoms with Gasteiger partial charge in [-0.2, -0.15) is 0 Å². The molecule has 2 heterocycles. The molecule has 2 aliphatic heterocycles. The normalized spacial score (nSPS) is 16.6. The maximum absolute atomic E-state index is 14.3. The second-order valence-corrected chi connectivity index (χ2v) is 10.4. The molecule has 2 aliphatic rings. The lowest BCUT2D eigenvalue weighted by atomic mass is 10.0. The van der Waals surface area contributed by atoms with Crippen molar-refractivity contribution in [3.63, 3.8) is 0 Å². The van der Waals surface area contributed by atoms with Crippen LogP contribution in [0.3, 0.4) is 0 Å². The van der Waals surface area contributed by atoms with Crippen molar-refractivity contribution in [2.45, 2.75) is 25.9 Å². The minimum atomic E-state index is -1.04. The first-order chi connectivity index (χ1) is 20.7. The number of rotatable bonds is 8. The molecule has 43 heavy (non-hydrogen) atoms. The molecule has 0 unspecified atom stereocenters. The molecular weight excluding hydrogens is 548 g/mol. The highest BCUT2D eigenvalue weighted by Crippen LogP contribution is 2.38. The summed E-state index contributed by atoms with van der Waals surface area (Å²) in [6.07, 6.45) is 1.92. The van der Waals surface area contributed by atoms with E-state index in [4.69, 9.17) is 9.47 Å². The first kappa shape index (κ1) is 29.5. The van der Waals surface area contributed by atoms with Gasteiger partial charge in [-0.05, 0) is 68.9 Å². The summed E-state index contributed by atoms with van der Waals surface area (Å²) >= 11 is 0. The number of carbonyl (C=O) groups is 4. The number of nitrogens with zero attached hydrogens (tertiary/aromatic N) is 2. The Morgan fingerprint density at radius 1 is 1.02 bits per heavy atom. The third kappa shape index (κ3) is 6.00. The number of amides is 3. The number of carbonyl (C=O) groups excluding carboxylic acids is 4. The number of likely N-dealkylation sites (N-methyl/N-ethyl adjacent to an activating group) is 1. The molecule has 10 nitrogen and oxygen atoms in total. The molecule has 3 aromatic carbocycles. The van der Waals surface area contributed by atoms with Crippen LogP contribution in [0.4, 0.5) is 11.4 Å². The highest BCUT2D eigenvalue weighted by molar-refractivity contribution is 6.13. The van der Waals surface area contributed by atoms with E-state index < -0.39 is 12.1 Å². The Labute approximate surface area is 250 Å². The Kier molecular flexibility index (Phi) is 8.58. The maximum atomic E-state index is 14.3. The van der Waals surface area contributed by atoms with E-state index in [1.54, 1.807) is 74.5 Å². The Hall–Kier alpha value is -4.96. The Balaban J connectivity index is 1.57. The number of benzene rings is 3. The zero-order chi connectivity index (χ0) is 30.7. The summed E-state index contributed by atoms with van der Waals surface area (Å²) in [6, 6.07) is 17.5. The van der Waals surface area contributed by atoms with E-state index in [0.717, 1.165) is 11.1 Å². The molecule has 10 heteroatoms. The van der Waals surface area contributed by atoms with Gasteiger partial charge in [0.05, 0.1) is 37.6 Å². The molecule has 0 radical (unpaired) electrons. The first-order valence-corrected chi connectivity index (χ1v) is 14.0. The quantitative estimate of drug-likeness (QED) is 0.391. The van der Waals surface area contributed by atoms with E-state index in [1.165, 1.54) is 11.8 Å². The largest absolute Gasteiger partial charge is 0.497 e. The standard InChI is InChI=1S/C33H34N4O6/c1-20(34-3)31(39)35-27-19-37(32(40)23-11-9-22(10-12-23)21(2)38)29-8-6-5-7-28(29)36(33(27)41)18-24-15-16-43-30-17-25(42-4)13-14-26(24)30/h5-15,17,20,27,34H,16,18-19H2,1-4H3,(H,35,39)/t20-,27-/m0/s1. The third-order valence-electron chi connectivity index (χ3n) is 7.75. The van der Waals surface area contributed by atoms with Gasteiger partial charge in [0.15, 0.2) is 5.78 Å². The fourth-order valence-corrected chi connectivity index (χ4v) is 5.16. The number of methoxy groups -OCH3 is 1. The van der Waals surface area contributed by atoms with Crippen LogP contribution in [0.2, 0.25) is 0 Å². The summed E-state index contributed by atoms with van der Waals surface area (Å²) < 4.78 is 11.2. The molecule has 222 valence electrons. The zero-order valence-corrected chi connectivity index (χ0v) is 24.5.